The van der Waals surface area contributed by atoms with E-state index in [0.717, 1.165) is 77.0 Å². The molecule has 0 saturated heterocycles. The fourth-order valence-corrected chi connectivity index (χ4v) is 9.73. The van der Waals surface area contributed by atoms with Gasteiger partial charge in [-0.25, -0.2) is 0 Å². The molecule has 1 atom stereocenters. The van der Waals surface area contributed by atoms with E-state index in [1.807, 2.05) is 0 Å². The lowest BCUT2D eigenvalue weighted by Gasteiger charge is -2.18. The molecular weight excluding hydrogens is 913 g/mol. The van der Waals surface area contributed by atoms with Crippen LogP contribution in [0.15, 0.2) is 48.6 Å². The molecule has 0 rings (SSSR count). The normalized spacial score (nSPS) is 12.3. The molecule has 0 aromatic rings. The molecule has 0 saturated carbocycles. The molecule has 0 heterocycles. The second-order valence-corrected chi connectivity index (χ2v) is 22.0. The van der Waals surface area contributed by atoms with Crippen LogP contribution in [0.4, 0.5) is 0 Å². The molecule has 0 amide bonds. The van der Waals surface area contributed by atoms with Gasteiger partial charge < -0.3 is 14.2 Å². The van der Waals surface area contributed by atoms with Gasteiger partial charge in [0.15, 0.2) is 6.10 Å². The van der Waals surface area contributed by atoms with Crippen LogP contribution in [0.2, 0.25) is 0 Å². The molecule has 0 aliphatic rings. The SMILES string of the molecule is CC/C=C\C/C=C\C/C=C\C/C=C\CCCCC(=O)OC(COC(=O)CCCCCCCCCCC)COC(=O)CCCCCCCCCCCCCCCCCCCCCCCCCCCCCCCCCC. The van der Waals surface area contributed by atoms with Gasteiger partial charge in [-0.2, -0.15) is 0 Å². The fourth-order valence-electron chi connectivity index (χ4n) is 9.73. The van der Waals surface area contributed by atoms with Crippen molar-refractivity contribution in [3.8, 4) is 0 Å². The molecule has 0 aliphatic carbocycles. The highest BCUT2D eigenvalue weighted by molar-refractivity contribution is 5.71. The number of hydrogen-bond acceptors (Lipinski definition) is 6. The van der Waals surface area contributed by atoms with E-state index in [1.54, 1.807) is 0 Å². The van der Waals surface area contributed by atoms with E-state index >= 15 is 0 Å². The average Bonchev–Trinajstić information content (AvgIpc) is 3.40. The summed E-state index contributed by atoms with van der Waals surface area (Å²) in [6, 6.07) is 0. The number of unbranched alkanes of at least 4 members (excludes halogenated alkanes) is 41. The van der Waals surface area contributed by atoms with Crippen LogP contribution in [0.3, 0.4) is 0 Å². The highest BCUT2D eigenvalue weighted by atomic mass is 16.6. The standard InChI is InChI=1S/C68H124O6/c1-4-7-10-13-16-19-21-23-25-26-27-28-29-30-31-32-33-34-35-36-37-38-39-40-41-43-44-46-49-52-55-58-61-67(70)73-64-65(63-72-66(69)60-57-54-51-48-18-15-12-9-6-3)74-68(71)62-59-56-53-50-47-45-42-24-22-20-17-14-11-8-5-2/h8,11,17,20,24,42,47,50,65H,4-7,9-10,12-16,18-19,21-23,25-41,43-46,48-49,51-64H2,1-3H3/b11-8-,20-17-,42-24-,50-47-. The van der Waals surface area contributed by atoms with E-state index in [0.29, 0.717) is 19.3 Å². The highest BCUT2D eigenvalue weighted by Gasteiger charge is 2.19. The average molecular weight is 1040 g/mol. The Balaban J connectivity index is 4.03. The van der Waals surface area contributed by atoms with Crippen molar-refractivity contribution in [2.45, 2.75) is 354 Å². The van der Waals surface area contributed by atoms with Gasteiger partial charge in [0, 0.05) is 19.3 Å². The predicted molar refractivity (Wildman–Crippen MR) is 321 cm³/mol. The number of carbonyl (C=O) groups is 3. The van der Waals surface area contributed by atoms with Crippen molar-refractivity contribution in [3.05, 3.63) is 48.6 Å². The molecule has 0 N–H and O–H groups in total. The van der Waals surface area contributed by atoms with Gasteiger partial charge in [0.25, 0.3) is 0 Å². The Hall–Kier alpha value is -2.63. The number of carbonyl (C=O) groups excluding carboxylic acids is 3. The molecule has 0 bridgehead atoms. The summed E-state index contributed by atoms with van der Waals surface area (Å²) in [6.07, 6.45) is 78.8. The zero-order valence-electron chi connectivity index (χ0n) is 49.6. The largest absolute Gasteiger partial charge is 0.462 e. The number of rotatable bonds is 60. The summed E-state index contributed by atoms with van der Waals surface area (Å²) >= 11 is 0. The Morgan fingerprint density at radius 2 is 0.527 bits per heavy atom. The second kappa shape index (κ2) is 62.9. The minimum Gasteiger partial charge on any atom is -0.462 e. The molecule has 6 heteroatoms. The van der Waals surface area contributed by atoms with E-state index < -0.39 is 6.10 Å². The summed E-state index contributed by atoms with van der Waals surface area (Å²) < 4.78 is 16.8. The van der Waals surface area contributed by atoms with Crippen LogP contribution in [0.5, 0.6) is 0 Å². The molecule has 6 nitrogen and oxygen atoms in total. The third-order valence-corrected chi connectivity index (χ3v) is 14.6. The van der Waals surface area contributed by atoms with Crippen LogP contribution >= 0.6 is 0 Å². The Bertz CT molecular complexity index is 1280. The van der Waals surface area contributed by atoms with Crippen LogP contribution < -0.4 is 0 Å². The number of ether oxygens (including phenoxy) is 3. The van der Waals surface area contributed by atoms with Gasteiger partial charge >= 0.3 is 17.9 Å². The van der Waals surface area contributed by atoms with Crippen LogP contribution in [-0.4, -0.2) is 37.2 Å². The van der Waals surface area contributed by atoms with Gasteiger partial charge in [-0.3, -0.25) is 14.4 Å². The van der Waals surface area contributed by atoms with Crippen molar-refractivity contribution >= 4 is 17.9 Å². The predicted octanol–water partition coefficient (Wildman–Crippen LogP) is 22.2. The zero-order valence-corrected chi connectivity index (χ0v) is 49.6. The van der Waals surface area contributed by atoms with Gasteiger partial charge in [-0.15, -0.1) is 0 Å². The molecule has 0 radical (unpaired) electrons. The lowest BCUT2D eigenvalue weighted by atomic mass is 10.0. The lowest BCUT2D eigenvalue weighted by molar-refractivity contribution is -0.167. The molecule has 0 aromatic carbocycles. The monoisotopic (exact) mass is 1040 g/mol. The van der Waals surface area contributed by atoms with Crippen molar-refractivity contribution in [1.29, 1.82) is 0 Å². The first-order valence-corrected chi connectivity index (χ1v) is 32.6. The first-order chi connectivity index (χ1) is 36.5. The van der Waals surface area contributed by atoms with Crippen molar-refractivity contribution in [3.63, 3.8) is 0 Å². The number of hydrogen-bond donors (Lipinski definition) is 0. The molecule has 74 heavy (non-hydrogen) atoms. The zero-order chi connectivity index (χ0) is 53.6. The topological polar surface area (TPSA) is 78.9 Å². The summed E-state index contributed by atoms with van der Waals surface area (Å²) in [5.74, 6) is -0.914. The Labute approximate surface area is 460 Å². The van der Waals surface area contributed by atoms with Gasteiger partial charge in [0.05, 0.1) is 0 Å². The van der Waals surface area contributed by atoms with Crippen molar-refractivity contribution in [1.82, 2.24) is 0 Å². The Morgan fingerprint density at radius 3 is 0.824 bits per heavy atom. The Morgan fingerprint density at radius 1 is 0.284 bits per heavy atom. The van der Waals surface area contributed by atoms with E-state index in [2.05, 4.69) is 69.4 Å². The van der Waals surface area contributed by atoms with Crippen LogP contribution in [0.1, 0.15) is 348 Å². The van der Waals surface area contributed by atoms with Crippen molar-refractivity contribution in [2.24, 2.45) is 0 Å². The molecular formula is C68H124O6. The highest BCUT2D eigenvalue weighted by Crippen LogP contribution is 2.18. The quantitative estimate of drug-likeness (QED) is 0.0261. The molecule has 1 unspecified atom stereocenters. The molecule has 0 aromatic heterocycles. The molecule has 0 fully saturated rings. The molecule has 0 aliphatic heterocycles. The van der Waals surface area contributed by atoms with Gasteiger partial charge in [-0.1, -0.05) is 320 Å². The van der Waals surface area contributed by atoms with Crippen LogP contribution in [0.25, 0.3) is 0 Å². The van der Waals surface area contributed by atoms with E-state index in [1.165, 1.54) is 225 Å². The minimum absolute atomic E-state index is 0.0858. The number of allylic oxidation sites excluding steroid dienone is 8. The third-order valence-electron chi connectivity index (χ3n) is 14.6. The summed E-state index contributed by atoms with van der Waals surface area (Å²) in [7, 11) is 0. The fraction of sp³-hybridized carbons (Fsp3) is 0.838. The maximum absolute atomic E-state index is 12.8. The third kappa shape index (κ3) is 60.2. The molecule has 432 valence electrons. The lowest BCUT2D eigenvalue weighted by Crippen LogP contribution is -2.30. The summed E-state index contributed by atoms with van der Waals surface area (Å²) in [5.41, 5.74) is 0. The summed E-state index contributed by atoms with van der Waals surface area (Å²) in [4.78, 5) is 38.1. The van der Waals surface area contributed by atoms with Crippen LogP contribution in [0, 0.1) is 0 Å². The van der Waals surface area contributed by atoms with Gasteiger partial charge in [0.2, 0.25) is 0 Å². The first-order valence-electron chi connectivity index (χ1n) is 32.6. The van der Waals surface area contributed by atoms with E-state index in [9.17, 15) is 14.4 Å². The first kappa shape index (κ1) is 71.4. The van der Waals surface area contributed by atoms with Crippen LogP contribution in [-0.2, 0) is 28.6 Å². The van der Waals surface area contributed by atoms with Crippen molar-refractivity contribution < 1.29 is 28.6 Å². The van der Waals surface area contributed by atoms with Gasteiger partial charge in [0.1, 0.15) is 13.2 Å². The molecule has 0 spiro atoms. The summed E-state index contributed by atoms with van der Waals surface area (Å²) in [5, 5.41) is 0. The maximum Gasteiger partial charge on any atom is 0.306 e. The smallest absolute Gasteiger partial charge is 0.306 e. The second-order valence-electron chi connectivity index (χ2n) is 22.0. The maximum atomic E-state index is 12.8. The van der Waals surface area contributed by atoms with Crippen molar-refractivity contribution in [2.75, 3.05) is 13.2 Å². The minimum atomic E-state index is -0.791. The number of esters is 3. The van der Waals surface area contributed by atoms with E-state index in [4.69, 9.17) is 14.2 Å². The summed E-state index contributed by atoms with van der Waals surface area (Å²) in [6.45, 7) is 6.52. The van der Waals surface area contributed by atoms with E-state index in [-0.39, 0.29) is 37.5 Å². The Kier molecular flexibility index (Phi) is 60.7. The van der Waals surface area contributed by atoms with Gasteiger partial charge in [-0.05, 0) is 57.8 Å².